The van der Waals surface area contributed by atoms with Gasteiger partial charge in [0.25, 0.3) is 11.8 Å². The number of piperidine rings is 1. The van der Waals surface area contributed by atoms with Crippen LogP contribution >= 0.6 is 11.3 Å². The zero-order valence-corrected chi connectivity index (χ0v) is 16.0. The number of benzene rings is 1. The van der Waals surface area contributed by atoms with E-state index >= 15 is 0 Å². The predicted octanol–water partition coefficient (Wildman–Crippen LogP) is 3.29. The summed E-state index contributed by atoms with van der Waals surface area (Å²) in [7, 11) is 0. The Morgan fingerprint density at radius 1 is 1.19 bits per heavy atom. The van der Waals surface area contributed by atoms with Crippen molar-refractivity contribution in [2.75, 3.05) is 18.4 Å². The molecule has 0 radical (unpaired) electrons. The molecule has 5 nitrogen and oxygen atoms in total. The molecular weight excluding hydrogens is 346 g/mol. The molecule has 1 saturated heterocycles. The van der Waals surface area contributed by atoms with Crippen molar-refractivity contribution in [3.05, 3.63) is 52.4 Å². The van der Waals surface area contributed by atoms with Gasteiger partial charge >= 0.3 is 0 Å². The molecule has 26 heavy (non-hydrogen) atoms. The number of hydrogen-bond donors (Lipinski definition) is 3. The van der Waals surface area contributed by atoms with E-state index in [1.807, 2.05) is 29.6 Å². The molecule has 0 saturated carbocycles. The first-order chi connectivity index (χ1) is 12.6. The fraction of sp³-hybridized carbons (Fsp3) is 0.400. The lowest BCUT2D eigenvalue weighted by atomic mass is 9.95. The summed E-state index contributed by atoms with van der Waals surface area (Å²) >= 11 is 1.37. The van der Waals surface area contributed by atoms with Gasteiger partial charge in [-0.25, -0.2) is 0 Å². The molecule has 138 valence electrons. The third-order valence-electron chi connectivity index (χ3n) is 4.86. The van der Waals surface area contributed by atoms with Crippen molar-refractivity contribution >= 4 is 28.2 Å². The number of aryl methyl sites for hydroxylation is 1. The Balaban J connectivity index is 1.67. The smallest absolute Gasteiger partial charge is 0.256 e. The Kier molecular flexibility index (Phi) is 6.06. The van der Waals surface area contributed by atoms with Gasteiger partial charge in [0.15, 0.2) is 0 Å². The van der Waals surface area contributed by atoms with Gasteiger partial charge in [-0.05, 0) is 61.0 Å². The zero-order chi connectivity index (χ0) is 18.5. The van der Waals surface area contributed by atoms with E-state index in [0.29, 0.717) is 22.0 Å². The topological polar surface area (TPSA) is 70.2 Å². The Morgan fingerprint density at radius 2 is 1.96 bits per heavy atom. The summed E-state index contributed by atoms with van der Waals surface area (Å²) in [5.74, 6) is 0.0717. The van der Waals surface area contributed by atoms with E-state index in [2.05, 4.69) is 29.8 Å². The highest BCUT2D eigenvalue weighted by Crippen LogP contribution is 2.25. The van der Waals surface area contributed by atoms with Crippen LogP contribution in [0.2, 0.25) is 0 Å². The Labute approximate surface area is 158 Å². The minimum atomic E-state index is -0.195. The molecule has 1 aliphatic rings. The first kappa shape index (κ1) is 18.6. The highest BCUT2D eigenvalue weighted by molar-refractivity contribution is 7.14. The highest BCUT2D eigenvalue weighted by Gasteiger charge is 2.24. The Hall–Kier alpha value is -2.18. The predicted molar refractivity (Wildman–Crippen MR) is 106 cm³/mol. The van der Waals surface area contributed by atoms with Gasteiger partial charge in [0, 0.05) is 11.6 Å². The van der Waals surface area contributed by atoms with Gasteiger partial charge in [-0.3, -0.25) is 9.59 Å². The van der Waals surface area contributed by atoms with Crippen molar-refractivity contribution in [2.45, 2.75) is 32.7 Å². The zero-order valence-electron chi connectivity index (χ0n) is 15.2. The van der Waals surface area contributed by atoms with Crippen molar-refractivity contribution in [2.24, 2.45) is 5.92 Å². The van der Waals surface area contributed by atoms with Crippen molar-refractivity contribution in [3.8, 4) is 0 Å². The third kappa shape index (κ3) is 4.31. The maximum atomic E-state index is 12.7. The first-order valence-electron chi connectivity index (χ1n) is 9.08. The van der Waals surface area contributed by atoms with E-state index < -0.39 is 0 Å². The van der Waals surface area contributed by atoms with Crippen LogP contribution in [0.4, 0.5) is 5.00 Å². The number of thiophene rings is 1. The molecule has 2 heterocycles. The van der Waals surface area contributed by atoms with Gasteiger partial charge in [-0.2, -0.15) is 0 Å². The van der Waals surface area contributed by atoms with Gasteiger partial charge in [0.05, 0.1) is 5.56 Å². The van der Waals surface area contributed by atoms with E-state index in [-0.39, 0.29) is 17.9 Å². The lowest BCUT2D eigenvalue weighted by Crippen LogP contribution is -2.48. The molecule has 2 amide bonds. The van der Waals surface area contributed by atoms with E-state index in [4.69, 9.17) is 0 Å². The van der Waals surface area contributed by atoms with Crippen LogP contribution in [0.15, 0.2) is 35.7 Å². The van der Waals surface area contributed by atoms with E-state index in [1.54, 1.807) is 6.07 Å². The number of nitrogens with one attached hydrogen (secondary N) is 3. The number of carbonyl (C=O) groups excluding carboxylic acids is 2. The highest BCUT2D eigenvalue weighted by atomic mass is 32.1. The Bertz CT molecular complexity index is 770. The Morgan fingerprint density at radius 3 is 2.65 bits per heavy atom. The monoisotopic (exact) mass is 371 g/mol. The molecule has 3 N–H and O–H groups in total. The minimum absolute atomic E-state index is 0.123. The third-order valence-corrected chi connectivity index (χ3v) is 5.69. The second kappa shape index (κ2) is 8.47. The molecule has 2 aromatic rings. The summed E-state index contributed by atoms with van der Waals surface area (Å²) < 4.78 is 0. The van der Waals surface area contributed by atoms with Crippen LogP contribution in [-0.4, -0.2) is 30.9 Å². The van der Waals surface area contributed by atoms with Gasteiger partial charge in [-0.1, -0.05) is 26.0 Å². The van der Waals surface area contributed by atoms with Gasteiger partial charge < -0.3 is 16.0 Å². The fourth-order valence-corrected chi connectivity index (χ4v) is 3.91. The molecule has 6 heteroatoms. The van der Waals surface area contributed by atoms with Gasteiger partial charge in [0.1, 0.15) is 5.00 Å². The van der Waals surface area contributed by atoms with Crippen LogP contribution in [0.5, 0.6) is 0 Å². The molecule has 0 spiro atoms. The maximum Gasteiger partial charge on any atom is 0.256 e. The summed E-state index contributed by atoms with van der Waals surface area (Å²) in [6.45, 7) is 6.03. The molecule has 1 aromatic carbocycles. The van der Waals surface area contributed by atoms with Crippen LogP contribution in [-0.2, 0) is 6.42 Å². The fourth-order valence-electron chi connectivity index (χ4n) is 3.13. The van der Waals surface area contributed by atoms with Gasteiger partial charge in [0.2, 0.25) is 0 Å². The van der Waals surface area contributed by atoms with E-state index in [1.165, 1.54) is 16.9 Å². The summed E-state index contributed by atoms with van der Waals surface area (Å²) in [6, 6.07) is 9.47. The van der Waals surface area contributed by atoms with Gasteiger partial charge in [-0.15, -0.1) is 11.3 Å². The number of carbonyl (C=O) groups is 2. The van der Waals surface area contributed by atoms with Crippen molar-refractivity contribution in [3.63, 3.8) is 0 Å². The lowest BCUT2D eigenvalue weighted by Gasteiger charge is -2.30. The van der Waals surface area contributed by atoms with Crippen molar-refractivity contribution in [1.82, 2.24) is 10.6 Å². The molecule has 0 aliphatic carbocycles. The summed E-state index contributed by atoms with van der Waals surface area (Å²) in [6.07, 6.45) is 1.86. The van der Waals surface area contributed by atoms with Crippen LogP contribution in [0.3, 0.4) is 0 Å². The van der Waals surface area contributed by atoms with Crippen LogP contribution in [0, 0.1) is 5.92 Å². The SMILES string of the molecule is CCc1ccc(C(=O)Nc2sccc2C(=O)NC2CCNCC2C)cc1. The average Bonchev–Trinajstić information content (AvgIpc) is 3.12. The number of amides is 2. The summed E-state index contributed by atoms with van der Waals surface area (Å²) in [5.41, 5.74) is 2.31. The lowest BCUT2D eigenvalue weighted by molar-refractivity contribution is 0.0915. The molecule has 1 aliphatic heterocycles. The summed E-state index contributed by atoms with van der Waals surface area (Å²) in [5, 5.41) is 11.7. The molecule has 1 fully saturated rings. The molecule has 2 atom stereocenters. The van der Waals surface area contributed by atoms with Crippen molar-refractivity contribution in [1.29, 1.82) is 0 Å². The second-order valence-corrected chi connectivity index (χ2v) is 7.63. The van der Waals surface area contributed by atoms with Crippen LogP contribution < -0.4 is 16.0 Å². The van der Waals surface area contributed by atoms with Crippen LogP contribution in [0.25, 0.3) is 0 Å². The standard InChI is InChI=1S/C20H25N3O2S/c1-3-14-4-6-15(7-5-14)18(24)23-20-16(9-11-26-20)19(25)22-17-8-10-21-12-13(17)2/h4-7,9,11,13,17,21H,3,8,10,12H2,1-2H3,(H,22,25)(H,23,24). The molecule has 3 rings (SSSR count). The number of anilines is 1. The average molecular weight is 372 g/mol. The molecular formula is C20H25N3O2S. The van der Waals surface area contributed by atoms with E-state index in [9.17, 15) is 9.59 Å². The first-order valence-corrected chi connectivity index (χ1v) is 9.95. The van der Waals surface area contributed by atoms with Crippen molar-refractivity contribution < 1.29 is 9.59 Å². The maximum absolute atomic E-state index is 12.7. The minimum Gasteiger partial charge on any atom is -0.349 e. The summed E-state index contributed by atoms with van der Waals surface area (Å²) in [4.78, 5) is 25.1. The quantitative estimate of drug-likeness (QED) is 0.755. The number of rotatable bonds is 5. The second-order valence-electron chi connectivity index (χ2n) is 6.72. The number of hydrogen-bond acceptors (Lipinski definition) is 4. The molecule has 1 aromatic heterocycles. The normalized spacial score (nSPS) is 19.8. The largest absolute Gasteiger partial charge is 0.349 e. The van der Waals surface area contributed by atoms with E-state index in [0.717, 1.165) is 25.9 Å². The molecule has 0 bridgehead atoms. The van der Waals surface area contributed by atoms with Crippen LogP contribution in [0.1, 0.15) is 46.5 Å². The molecule has 2 unspecified atom stereocenters.